The predicted molar refractivity (Wildman–Crippen MR) is 74.0 cm³/mol. The zero-order valence-electron chi connectivity index (χ0n) is 10.1. The molecule has 0 bridgehead atoms. The summed E-state index contributed by atoms with van der Waals surface area (Å²) in [5, 5.41) is 12.6. The molecule has 0 aromatic heterocycles. The summed E-state index contributed by atoms with van der Waals surface area (Å²) in [6.07, 6.45) is 1.74. The quantitative estimate of drug-likeness (QED) is 0.817. The Bertz CT molecular complexity index is 431. The van der Waals surface area contributed by atoms with Gasteiger partial charge in [-0.05, 0) is 44.0 Å². The summed E-state index contributed by atoms with van der Waals surface area (Å²) in [6, 6.07) is 7.42. The molecule has 1 atom stereocenters. The first-order valence-corrected chi connectivity index (χ1v) is 7.15. The summed E-state index contributed by atoms with van der Waals surface area (Å²) in [6.45, 7) is 1.89. The van der Waals surface area contributed by atoms with Crippen LogP contribution in [0.4, 0.5) is 0 Å². The third kappa shape index (κ3) is 3.40. The van der Waals surface area contributed by atoms with Crippen molar-refractivity contribution in [2.24, 2.45) is 0 Å². The van der Waals surface area contributed by atoms with Crippen molar-refractivity contribution in [2.45, 2.75) is 35.4 Å². The lowest BCUT2D eigenvalue weighted by Crippen LogP contribution is -2.43. The standard InChI is InChI=1S/C13H16ClNO2S/c1-9(12(17)15-13(8-16)6-7-13)18-11-4-2-10(14)3-5-11/h2-5,9,16H,6-8H2,1H3,(H,15,17). The van der Waals surface area contributed by atoms with Gasteiger partial charge in [0, 0.05) is 9.92 Å². The van der Waals surface area contributed by atoms with E-state index < -0.39 is 0 Å². The topological polar surface area (TPSA) is 49.3 Å². The lowest BCUT2D eigenvalue weighted by molar-refractivity contribution is -0.121. The van der Waals surface area contributed by atoms with Gasteiger partial charge < -0.3 is 10.4 Å². The molecule has 1 unspecified atom stereocenters. The van der Waals surface area contributed by atoms with E-state index in [1.165, 1.54) is 11.8 Å². The number of carbonyl (C=O) groups excluding carboxylic acids is 1. The number of hydrogen-bond acceptors (Lipinski definition) is 3. The van der Waals surface area contributed by atoms with E-state index in [0.29, 0.717) is 5.02 Å². The van der Waals surface area contributed by atoms with E-state index in [0.717, 1.165) is 17.7 Å². The van der Waals surface area contributed by atoms with Crippen LogP contribution in [0.5, 0.6) is 0 Å². The molecular formula is C13H16ClNO2S. The van der Waals surface area contributed by atoms with Crippen LogP contribution in [-0.2, 0) is 4.79 Å². The maximum Gasteiger partial charge on any atom is 0.233 e. The van der Waals surface area contributed by atoms with Gasteiger partial charge in [-0.25, -0.2) is 0 Å². The van der Waals surface area contributed by atoms with Gasteiger partial charge in [-0.15, -0.1) is 11.8 Å². The molecule has 2 rings (SSSR count). The second kappa shape index (κ2) is 5.51. The zero-order chi connectivity index (χ0) is 13.2. The normalized spacial score (nSPS) is 18.2. The first-order chi connectivity index (χ1) is 8.54. The van der Waals surface area contributed by atoms with Crippen LogP contribution in [0, 0.1) is 0 Å². The zero-order valence-corrected chi connectivity index (χ0v) is 11.7. The Morgan fingerprint density at radius 1 is 1.50 bits per heavy atom. The summed E-state index contributed by atoms with van der Waals surface area (Å²) in [7, 11) is 0. The lowest BCUT2D eigenvalue weighted by Gasteiger charge is -2.18. The van der Waals surface area contributed by atoms with Crippen LogP contribution < -0.4 is 5.32 Å². The summed E-state index contributed by atoms with van der Waals surface area (Å²) in [5.41, 5.74) is -0.341. The van der Waals surface area contributed by atoms with Crippen molar-refractivity contribution in [1.29, 1.82) is 0 Å². The summed E-state index contributed by atoms with van der Waals surface area (Å²) < 4.78 is 0. The number of benzene rings is 1. The second-order valence-electron chi connectivity index (χ2n) is 4.64. The molecule has 0 heterocycles. The first-order valence-electron chi connectivity index (χ1n) is 5.90. The molecule has 0 radical (unpaired) electrons. The van der Waals surface area contributed by atoms with Crippen LogP contribution in [-0.4, -0.2) is 28.4 Å². The van der Waals surface area contributed by atoms with Gasteiger partial charge in [-0.1, -0.05) is 11.6 Å². The minimum absolute atomic E-state index is 0.0249. The number of hydrogen-bond donors (Lipinski definition) is 2. The minimum Gasteiger partial charge on any atom is -0.394 e. The Morgan fingerprint density at radius 3 is 2.61 bits per heavy atom. The van der Waals surface area contributed by atoms with Gasteiger partial charge in [-0.2, -0.15) is 0 Å². The van der Waals surface area contributed by atoms with E-state index in [-0.39, 0.29) is 23.3 Å². The van der Waals surface area contributed by atoms with Crippen molar-refractivity contribution in [3.8, 4) is 0 Å². The van der Waals surface area contributed by atoms with Crippen molar-refractivity contribution in [3.05, 3.63) is 29.3 Å². The van der Waals surface area contributed by atoms with Crippen LogP contribution in [0.2, 0.25) is 5.02 Å². The Kier molecular flexibility index (Phi) is 4.20. The van der Waals surface area contributed by atoms with E-state index in [1.807, 2.05) is 31.2 Å². The SMILES string of the molecule is CC(Sc1ccc(Cl)cc1)C(=O)NC1(CO)CC1. The highest BCUT2D eigenvalue weighted by molar-refractivity contribution is 8.00. The van der Waals surface area contributed by atoms with E-state index in [9.17, 15) is 9.90 Å². The lowest BCUT2D eigenvalue weighted by atomic mass is 10.3. The third-order valence-electron chi connectivity index (χ3n) is 3.04. The van der Waals surface area contributed by atoms with E-state index >= 15 is 0 Å². The Balaban J connectivity index is 1.89. The number of halogens is 1. The maximum absolute atomic E-state index is 12.0. The van der Waals surface area contributed by atoms with Crippen molar-refractivity contribution in [3.63, 3.8) is 0 Å². The highest BCUT2D eigenvalue weighted by Gasteiger charge is 2.44. The smallest absolute Gasteiger partial charge is 0.233 e. The highest BCUT2D eigenvalue weighted by atomic mass is 35.5. The molecule has 0 spiro atoms. The van der Waals surface area contributed by atoms with Gasteiger partial charge in [0.15, 0.2) is 0 Å². The fraction of sp³-hybridized carbons (Fsp3) is 0.462. The number of rotatable bonds is 5. The molecule has 3 nitrogen and oxygen atoms in total. The van der Waals surface area contributed by atoms with Crippen molar-refractivity contribution in [1.82, 2.24) is 5.32 Å². The summed E-state index contributed by atoms with van der Waals surface area (Å²) >= 11 is 7.30. The molecule has 1 fully saturated rings. The van der Waals surface area contributed by atoms with Gasteiger partial charge in [0.05, 0.1) is 17.4 Å². The molecule has 0 aliphatic heterocycles. The van der Waals surface area contributed by atoms with E-state index in [4.69, 9.17) is 11.6 Å². The number of nitrogens with one attached hydrogen (secondary N) is 1. The van der Waals surface area contributed by atoms with Crippen LogP contribution in [0.3, 0.4) is 0 Å². The molecule has 0 saturated heterocycles. The number of amides is 1. The minimum atomic E-state index is -0.341. The van der Waals surface area contributed by atoms with E-state index in [2.05, 4.69) is 5.32 Å². The second-order valence-corrected chi connectivity index (χ2v) is 6.49. The number of thioether (sulfide) groups is 1. The van der Waals surface area contributed by atoms with Gasteiger partial charge in [0.25, 0.3) is 0 Å². The van der Waals surface area contributed by atoms with Crippen molar-refractivity contribution < 1.29 is 9.90 Å². The molecular weight excluding hydrogens is 270 g/mol. The van der Waals surface area contributed by atoms with E-state index in [1.54, 1.807) is 0 Å². The van der Waals surface area contributed by atoms with Crippen molar-refractivity contribution >= 4 is 29.3 Å². The average molecular weight is 286 g/mol. The molecule has 18 heavy (non-hydrogen) atoms. The molecule has 1 aromatic rings. The van der Waals surface area contributed by atoms with Gasteiger partial charge in [0.1, 0.15) is 0 Å². The highest BCUT2D eigenvalue weighted by Crippen LogP contribution is 2.35. The molecule has 1 aliphatic carbocycles. The molecule has 1 aliphatic rings. The van der Waals surface area contributed by atoms with Crippen LogP contribution >= 0.6 is 23.4 Å². The molecule has 1 saturated carbocycles. The Hall–Kier alpha value is -0.710. The average Bonchev–Trinajstić information content (AvgIpc) is 3.12. The molecule has 1 aromatic carbocycles. The van der Waals surface area contributed by atoms with Crippen LogP contribution in [0.15, 0.2) is 29.2 Å². The fourth-order valence-electron chi connectivity index (χ4n) is 1.61. The first kappa shape index (κ1) is 13.7. The fourth-order valence-corrected chi connectivity index (χ4v) is 2.60. The van der Waals surface area contributed by atoms with Crippen LogP contribution in [0.25, 0.3) is 0 Å². The summed E-state index contributed by atoms with van der Waals surface area (Å²) in [5.74, 6) is -0.0264. The van der Waals surface area contributed by atoms with Crippen LogP contribution in [0.1, 0.15) is 19.8 Å². The predicted octanol–water partition coefficient (Wildman–Crippen LogP) is 2.46. The van der Waals surface area contributed by atoms with Crippen molar-refractivity contribution in [2.75, 3.05) is 6.61 Å². The number of carbonyl (C=O) groups is 1. The molecule has 2 N–H and O–H groups in total. The molecule has 1 amide bonds. The summed E-state index contributed by atoms with van der Waals surface area (Å²) in [4.78, 5) is 13.0. The molecule has 98 valence electrons. The largest absolute Gasteiger partial charge is 0.394 e. The molecule has 5 heteroatoms. The number of aliphatic hydroxyl groups excluding tert-OH is 1. The third-order valence-corrected chi connectivity index (χ3v) is 4.40. The number of aliphatic hydroxyl groups is 1. The monoisotopic (exact) mass is 285 g/mol. The maximum atomic E-state index is 12.0. The van der Waals surface area contributed by atoms with Gasteiger partial charge >= 0.3 is 0 Å². The Labute approximate surface area is 116 Å². The van der Waals surface area contributed by atoms with Gasteiger partial charge in [-0.3, -0.25) is 4.79 Å². The Morgan fingerprint density at radius 2 is 2.11 bits per heavy atom. The van der Waals surface area contributed by atoms with Gasteiger partial charge in [0.2, 0.25) is 5.91 Å².